The van der Waals surface area contributed by atoms with Crippen molar-refractivity contribution in [3.63, 3.8) is 0 Å². The van der Waals surface area contributed by atoms with Crippen LogP contribution in [0.5, 0.6) is 0 Å². The van der Waals surface area contributed by atoms with E-state index in [1.54, 1.807) is 24.7 Å². The highest BCUT2D eigenvalue weighted by atomic mass is 16.3. The Morgan fingerprint density at radius 1 is 0.933 bits per heavy atom. The SMILES string of the molecule is CC1(C)C[C@@H](NC(=O)NCc2ccco2)C[C@](C)(CNC(=O)NCc2ccco2)C1. The molecule has 164 valence electrons. The minimum Gasteiger partial charge on any atom is -0.467 e. The lowest BCUT2D eigenvalue weighted by Crippen LogP contribution is -2.52. The van der Waals surface area contributed by atoms with Gasteiger partial charge in [-0.25, -0.2) is 9.59 Å². The molecule has 2 heterocycles. The summed E-state index contributed by atoms with van der Waals surface area (Å²) < 4.78 is 10.5. The summed E-state index contributed by atoms with van der Waals surface area (Å²) in [5, 5.41) is 11.7. The number of furan rings is 2. The molecule has 8 heteroatoms. The van der Waals surface area contributed by atoms with E-state index in [9.17, 15) is 9.59 Å². The van der Waals surface area contributed by atoms with Crippen LogP contribution in [0.1, 0.15) is 51.6 Å². The van der Waals surface area contributed by atoms with E-state index >= 15 is 0 Å². The van der Waals surface area contributed by atoms with Crippen LogP contribution in [0.15, 0.2) is 45.6 Å². The largest absolute Gasteiger partial charge is 0.467 e. The highest BCUT2D eigenvalue weighted by Gasteiger charge is 2.41. The van der Waals surface area contributed by atoms with Crippen LogP contribution >= 0.6 is 0 Å². The van der Waals surface area contributed by atoms with Crippen molar-refractivity contribution in [1.29, 1.82) is 0 Å². The lowest BCUT2D eigenvalue weighted by Gasteiger charge is -2.46. The van der Waals surface area contributed by atoms with E-state index in [1.807, 2.05) is 12.1 Å². The molecule has 2 atom stereocenters. The fourth-order valence-electron chi connectivity index (χ4n) is 4.62. The highest BCUT2D eigenvalue weighted by Crippen LogP contribution is 2.45. The van der Waals surface area contributed by atoms with E-state index in [0.29, 0.717) is 31.2 Å². The third kappa shape index (κ3) is 6.57. The Morgan fingerprint density at radius 2 is 1.53 bits per heavy atom. The lowest BCUT2D eigenvalue weighted by molar-refractivity contribution is 0.0748. The average molecular weight is 417 g/mol. The number of nitrogens with one attached hydrogen (secondary N) is 4. The summed E-state index contributed by atoms with van der Waals surface area (Å²) in [6, 6.07) is 6.82. The molecule has 3 rings (SSSR count). The number of urea groups is 2. The van der Waals surface area contributed by atoms with Crippen LogP contribution in [0.25, 0.3) is 0 Å². The molecule has 0 aromatic carbocycles. The average Bonchev–Trinajstić information content (AvgIpc) is 3.35. The smallest absolute Gasteiger partial charge is 0.315 e. The Bertz CT molecular complexity index is 816. The predicted octanol–water partition coefficient (Wildman–Crippen LogP) is 3.76. The van der Waals surface area contributed by atoms with Gasteiger partial charge in [-0.1, -0.05) is 20.8 Å². The summed E-state index contributed by atoms with van der Waals surface area (Å²) in [5.41, 5.74) is -0.0684. The van der Waals surface area contributed by atoms with E-state index in [1.165, 1.54) is 0 Å². The third-order valence-corrected chi connectivity index (χ3v) is 5.46. The molecule has 8 nitrogen and oxygen atoms in total. The molecule has 1 fully saturated rings. The number of hydrogen-bond acceptors (Lipinski definition) is 4. The van der Waals surface area contributed by atoms with Crippen LogP contribution in [0.2, 0.25) is 0 Å². The second kappa shape index (κ2) is 9.28. The Hall–Kier alpha value is -2.90. The Balaban J connectivity index is 1.48. The number of hydrogen-bond donors (Lipinski definition) is 4. The second-order valence-electron chi connectivity index (χ2n) is 9.28. The van der Waals surface area contributed by atoms with Crippen molar-refractivity contribution >= 4 is 12.1 Å². The Labute approximate surface area is 177 Å². The first-order valence-corrected chi connectivity index (χ1v) is 10.3. The van der Waals surface area contributed by atoms with Gasteiger partial charge in [0.15, 0.2) is 0 Å². The quantitative estimate of drug-likeness (QED) is 0.551. The molecule has 4 amide bonds. The number of rotatable bonds is 7. The Kier molecular flexibility index (Phi) is 6.74. The zero-order valence-corrected chi connectivity index (χ0v) is 17.9. The molecule has 0 radical (unpaired) electrons. The van der Waals surface area contributed by atoms with Crippen LogP contribution in [0.3, 0.4) is 0 Å². The van der Waals surface area contributed by atoms with E-state index in [-0.39, 0.29) is 28.9 Å². The van der Waals surface area contributed by atoms with Gasteiger partial charge in [0.2, 0.25) is 0 Å². The van der Waals surface area contributed by atoms with Gasteiger partial charge in [0.25, 0.3) is 0 Å². The molecule has 1 saturated carbocycles. The molecular formula is C22H32N4O4. The first kappa shape index (κ1) is 21.8. The van der Waals surface area contributed by atoms with Crippen LogP contribution < -0.4 is 21.3 Å². The zero-order chi connectivity index (χ0) is 21.6. The molecule has 0 saturated heterocycles. The van der Waals surface area contributed by atoms with Gasteiger partial charge in [-0.15, -0.1) is 0 Å². The van der Waals surface area contributed by atoms with Crippen LogP contribution in [0, 0.1) is 10.8 Å². The van der Waals surface area contributed by atoms with Crippen molar-refractivity contribution in [2.45, 2.75) is 59.2 Å². The van der Waals surface area contributed by atoms with Crippen molar-refractivity contribution in [2.75, 3.05) is 6.54 Å². The molecule has 0 spiro atoms. The second-order valence-corrected chi connectivity index (χ2v) is 9.28. The van der Waals surface area contributed by atoms with Crippen molar-refractivity contribution in [1.82, 2.24) is 21.3 Å². The maximum atomic E-state index is 12.3. The minimum atomic E-state index is -0.225. The van der Waals surface area contributed by atoms with Crippen molar-refractivity contribution < 1.29 is 18.4 Å². The normalized spacial score (nSPS) is 22.8. The number of carbonyl (C=O) groups excluding carboxylic acids is 2. The van der Waals surface area contributed by atoms with Crippen LogP contribution in [-0.2, 0) is 13.1 Å². The monoisotopic (exact) mass is 416 g/mol. The molecular weight excluding hydrogens is 384 g/mol. The highest BCUT2D eigenvalue weighted by molar-refractivity contribution is 5.74. The summed E-state index contributed by atoms with van der Waals surface area (Å²) in [5.74, 6) is 1.42. The molecule has 1 aliphatic rings. The molecule has 1 aliphatic carbocycles. The molecule has 0 bridgehead atoms. The number of amides is 4. The summed E-state index contributed by atoms with van der Waals surface area (Å²) in [7, 11) is 0. The Morgan fingerprint density at radius 3 is 2.10 bits per heavy atom. The molecule has 0 aliphatic heterocycles. The van der Waals surface area contributed by atoms with E-state index < -0.39 is 0 Å². The van der Waals surface area contributed by atoms with Crippen molar-refractivity contribution in [3.05, 3.63) is 48.3 Å². The summed E-state index contributed by atoms with van der Waals surface area (Å²) >= 11 is 0. The lowest BCUT2D eigenvalue weighted by atomic mass is 9.62. The molecule has 4 N–H and O–H groups in total. The zero-order valence-electron chi connectivity index (χ0n) is 17.9. The third-order valence-electron chi connectivity index (χ3n) is 5.46. The first-order chi connectivity index (χ1) is 14.2. The minimum absolute atomic E-state index is 0.0309. The predicted molar refractivity (Wildman–Crippen MR) is 113 cm³/mol. The standard InChI is InChI=1S/C22H32N4O4/c1-21(2)10-16(26-20(28)24-13-18-7-5-9-30-18)11-22(3,14-21)15-25-19(27)23-12-17-6-4-8-29-17/h4-9,16H,10-15H2,1-3H3,(H2,23,25,27)(H2,24,26,28)/t16-,22+/m1/s1. The number of carbonyl (C=O) groups is 2. The molecule has 30 heavy (non-hydrogen) atoms. The topological polar surface area (TPSA) is 109 Å². The molecule has 2 aromatic heterocycles. The van der Waals surface area contributed by atoms with Gasteiger partial charge < -0.3 is 30.1 Å². The first-order valence-electron chi connectivity index (χ1n) is 10.3. The van der Waals surface area contributed by atoms with Gasteiger partial charge in [-0.2, -0.15) is 0 Å². The van der Waals surface area contributed by atoms with Gasteiger partial charge in [-0.05, 0) is 54.4 Å². The van der Waals surface area contributed by atoms with Gasteiger partial charge in [-0.3, -0.25) is 0 Å². The molecule has 0 unspecified atom stereocenters. The van der Waals surface area contributed by atoms with E-state index in [2.05, 4.69) is 42.0 Å². The van der Waals surface area contributed by atoms with Gasteiger partial charge >= 0.3 is 12.1 Å². The van der Waals surface area contributed by atoms with E-state index in [4.69, 9.17) is 8.83 Å². The van der Waals surface area contributed by atoms with E-state index in [0.717, 1.165) is 19.3 Å². The van der Waals surface area contributed by atoms with Crippen molar-refractivity contribution in [3.8, 4) is 0 Å². The van der Waals surface area contributed by atoms with Gasteiger partial charge in [0.05, 0.1) is 25.6 Å². The van der Waals surface area contributed by atoms with Crippen LogP contribution in [-0.4, -0.2) is 24.6 Å². The fraction of sp³-hybridized carbons (Fsp3) is 0.545. The summed E-state index contributed by atoms with van der Waals surface area (Å²) in [6.45, 7) is 7.81. The maximum Gasteiger partial charge on any atom is 0.315 e. The van der Waals surface area contributed by atoms with Gasteiger partial charge in [0, 0.05) is 12.6 Å². The maximum absolute atomic E-state index is 12.3. The van der Waals surface area contributed by atoms with Crippen molar-refractivity contribution in [2.24, 2.45) is 10.8 Å². The summed E-state index contributed by atoms with van der Waals surface area (Å²) in [6.07, 6.45) is 5.81. The molecule has 2 aromatic rings. The van der Waals surface area contributed by atoms with Crippen LogP contribution in [0.4, 0.5) is 9.59 Å². The van der Waals surface area contributed by atoms with Gasteiger partial charge in [0.1, 0.15) is 11.5 Å². The summed E-state index contributed by atoms with van der Waals surface area (Å²) in [4.78, 5) is 24.5. The fourth-order valence-corrected chi connectivity index (χ4v) is 4.62.